The summed E-state index contributed by atoms with van der Waals surface area (Å²) in [6.45, 7) is -0.620. The maximum atomic E-state index is 11.1. The van der Waals surface area contributed by atoms with Gasteiger partial charge in [0.25, 0.3) is 0 Å². The zero-order chi connectivity index (χ0) is 19.2. The van der Waals surface area contributed by atoms with Crippen LogP contribution in [0.3, 0.4) is 0 Å². The molecule has 1 heterocycles. The summed E-state index contributed by atoms with van der Waals surface area (Å²) < 4.78 is 50.2. The number of nitrogens with zero attached hydrogens (tertiary/aromatic N) is 1. The Balaban J connectivity index is 2.83. The van der Waals surface area contributed by atoms with Crippen LogP contribution in [-0.4, -0.2) is 91.5 Å². The van der Waals surface area contributed by atoms with Crippen molar-refractivity contribution in [2.75, 3.05) is 18.6 Å². The minimum absolute atomic E-state index is 0.0209. The van der Waals surface area contributed by atoms with Crippen molar-refractivity contribution in [2.24, 2.45) is 5.16 Å². The molecule has 0 aliphatic carbocycles. The average Bonchev–Trinajstić information content (AvgIpc) is 2.51. The fourth-order valence-corrected chi connectivity index (χ4v) is 3.83. The zero-order valence-corrected chi connectivity index (χ0v) is 15.6. The predicted octanol–water partition coefficient (Wildman–Crippen LogP) is -2.19. The van der Waals surface area contributed by atoms with E-state index in [2.05, 4.69) is 9.44 Å². The van der Waals surface area contributed by atoms with Crippen LogP contribution in [0.5, 0.6) is 0 Å². The molecule has 1 unspecified atom stereocenters. The second-order valence-corrected chi connectivity index (χ2v) is 8.91. The highest BCUT2D eigenvalue weighted by molar-refractivity contribution is 8.14. The molecule has 1 rings (SSSR count). The van der Waals surface area contributed by atoms with Crippen LogP contribution in [-0.2, 0) is 30.6 Å². The third-order valence-corrected chi connectivity index (χ3v) is 5.46. The van der Waals surface area contributed by atoms with E-state index in [1.807, 2.05) is 0 Å². The summed E-state index contributed by atoms with van der Waals surface area (Å²) in [6, 6.07) is 0. The lowest BCUT2D eigenvalue weighted by atomic mass is 10.0. The lowest BCUT2D eigenvalue weighted by molar-refractivity contribution is -0.205. The topological polar surface area (TPSA) is 189 Å². The molecule has 1 aliphatic rings. The van der Waals surface area contributed by atoms with Gasteiger partial charge in [0.05, 0.1) is 12.9 Å². The van der Waals surface area contributed by atoms with E-state index in [9.17, 15) is 28.3 Å². The van der Waals surface area contributed by atoms with Crippen LogP contribution in [0.4, 0.5) is 0 Å². The highest BCUT2D eigenvalue weighted by Crippen LogP contribution is 2.30. The van der Waals surface area contributed by atoms with Crippen LogP contribution < -0.4 is 0 Å². The molecule has 0 saturated carbocycles. The third-order valence-electron chi connectivity index (χ3n) is 3.16. The fourth-order valence-electron chi connectivity index (χ4n) is 1.94. The van der Waals surface area contributed by atoms with Gasteiger partial charge in [-0.05, 0) is 6.42 Å². The minimum Gasteiger partial charge on any atom is -0.617 e. The lowest BCUT2D eigenvalue weighted by Gasteiger charge is -2.39. The van der Waals surface area contributed by atoms with E-state index in [-0.39, 0.29) is 11.5 Å². The standard InChI is InChI=1S/C11H21NO10S3/c1-24(17)4-2-3-7(12-22-25(18,19)20)23-11-10(16)9(15)8(14)6(5-13)21-11/h6,8-11,13-16H,2-5H2,1H3,(H,18,19,20)/b12-7-/t6-,8-,9+,10-,11+,24?/m1/s1. The number of thioether (sulfide) groups is 1. The molecule has 0 aromatic rings. The maximum Gasteiger partial charge on any atom is 0.466 e. The molecule has 1 aliphatic heterocycles. The number of aliphatic hydroxyl groups is 4. The smallest absolute Gasteiger partial charge is 0.466 e. The van der Waals surface area contributed by atoms with E-state index in [4.69, 9.17) is 14.4 Å². The molecule has 5 N–H and O–H groups in total. The molecule has 0 spiro atoms. The van der Waals surface area contributed by atoms with Crippen LogP contribution in [0.1, 0.15) is 12.8 Å². The Morgan fingerprint density at radius 1 is 1.32 bits per heavy atom. The van der Waals surface area contributed by atoms with Crippen LogP contribution in [0.15, 0.2) is 5.16 Å². The summed E-state index contributed by atoms with van der Waals surface area (Å²) in [5, 5.41) is 41.8. The van der Waals surface area contributed by atoms with E-state index in [0.29, 0.717) is 23.9 Å². The van der Waals surface area contributed by atoms with Crippen LogP contribution >= 0.6 is 11.8 Å². The van der Waals surface area contributed by atoms with Crippen molar-refractivity contribution in [1.82, 2.24) is 0 Å². The molecule has 1 fully saturated rings. The largest absolute Gasteiger partial charge is 0.617 e. The number of hydrogen-bond acceptors (Lipinski definition) is 11. The highest BCUT2D eigenvalue weighted by Gasteiger charge is 2.44. The van der Waals surface area contributed by atoms with Crippen molar-refractivity contribution in [3.8, 4) is 0 Å². The second kappa shape index (κ2) is 10.2. The molecule has 14 heteroatoms. The Bertz CT molecular complexity index is 540. The molecule has 0 aromatic heterocycles. The summed E-state index contributed by atoms with van der Waals surface area (Å²) in [5.74, 6) is 0.292. The summed E-state index contributed by atoms with van der Waals surface area (Å²) in [6.07, 6.45) is -3.92. The van der Waals surface area contributed by atoms with Gasteiger partial charge < -0.3 is 29.7 Å². The second-order valence-electron chi connectivity index (χ2n) is 5.18. The first-order chi connectivity index (χ1) is 11.5. The Kier molecular flexibility index (Phi) is 9.38. The van der Waals surface area contributed by atoms with Gasteiger partial charge >= 0.3 is 10.4 Å². The molecule has 6 atom stereocenters. The number of hydrogen-bond donors (Lipinski definition) is 5. The van der Waals surface area contributed by atoms with Crippen LogP contribution in [0, 0.1) is 0 Å². The first kappa shape index (κ1) is 22.9. The SMILES string of the molecule is C[S+]([O-])CCC/C(=N/OS(=O)(=O)O)S[C@@H]1O[C@H](CO)[C@@H](O)[C@H](O)[C@H]1O. The summed E-state index contributed by atoms with van der Waals surface area (Å²) >= 11 is -0.407. The fraction of sp³-hybridized carbons (Fsp3) is 0.909. The van der Waals surface area contributed by atoms with Crippen molar-refractivity contribution in [1.29, 1.82) is 0 Å². The highest BCUT2D eigenvalue weighted by atomic mass is 32.3. The molecule has 25 heavy (non-hydrogen) atoms. The predicted molar refractivity (Wildman–Crippen MR) is 89.6 cm³/mol. The summed E-state index contributed by atoms with van der Waals surface area (Å²) in [4.78, 5) is 0. The monoisotopic (exact) mass is 423 g/mol. The summed E-state index contributed by atoms with van der Waals surface area (Å²) in [5.41, 5.74) is -1.19. The first-order valence-electron chi connectivity index (χ1n) is 7.05. The van der Waals surface area contributed by atoms with Gasteiger partial charge in [0.2, 0.25) is 0 Å². The normalized spacial score (nSPS) is 32.4. The number of ether oxygens (including phenoxy) is 1. The third kappa shape index (κ3) is 7.94. The Morgan fingerprint density at radius 2 is 1.96 bits per heavy atom. The minimum atomic E-state index is -4.84. The Hall–Kier alpha value is -0.160. The van der Waals surface area contributed by atoms with Crippen molar-refractivity contribution >= 4 is 38.4 Å². The van der Waals surface area contributed by atoms with Crippen molar-refractivity contribution in [3.63, 3.8) is 0 Å². The molecule has 0 bridgehead atoms. The number of aliphatic hydroxyl groups excluding tert-OH is 4. The van der Waals surface area contributed by atoms with E-state index < -0.39 is 58.0 Å². The lowest BCUT2D eigenvalue weighted by Crippen LogP contribution is -2.57. The molecular formula is C11H21NO10S3. The van der Waals surface area contributed by atoms with Gasteiger partial charge in [0.15, 0.2) is 0 Å². The Morgan fingerprint density at radius 3 is 2.48 bits per heavy atom. The molecule has 1 saturated heterocycles. The quantitative estimate of drug-likeness (QED) is 0.0937. The van der Waals surface area contributed by atoms with E-state index in [0.717, 1.165) is 0 Å². The zero-order valence-electron chi connectivity index (χ0n) is 13.2. The van der Waals surface area contributed by atoms with E-state index >= 15 is 0 Å². The molecule has 11 nitrogen and oxygen atoms in total. The van der Waals surface area contributed by atoms with Gasteiger partial charge in [0.1, 0.15) is 40.6 Å². The number of rotatable bonds is 8. The van der Waals surface area contributed by atoms with Gasteiger partial charge in [-0.1, -0.05) is 28.1 Å². The number of oxime groups is 1. The van der Waals surface area contributed by atoms with Crippen molar-refractivity contribution in [2.45, 2.75) is 42.7 Å². The van der Waals surface area contributed by atoms with Gasteiger partial charge in [-0.25, -0.2) is 4.28 Å². The molecule has 0 amide bonds. The summed E-state index contributed by atoms with van der Waals surface area (Å²) in [7, 11) is -4.84. The molecular weight excluding hydrogens is 402 g/mol. The van der Waals surface area contributed by atoms with Gasteiger partial charge in [0, 0.05) is 6.42 Å². The molecule has 0 aromatic carbocycles. The van der Waals surface area contributed by atoms with Gasteiger partial charge in [-0.2, -0.15) is 8.42 Å². The maximum absolute atomic E-state index is 11.1. The molecule has 148 valence electrons. The van der Waals surface area contributed by atoms with Crippen LogP contribution in [0.2, 0.25) is 0 Å². The van der Waals surface area contributed by atoms with E-state index in [1.54, 1.807) is 0 Å². The van der Waals surface area contributed by atoms with Crippen LogP contribution in [0.25, 0.3) is 0 Å². The average molecular weight is 423 g/mol. The van der Waals surface area contributed by atoms with Crippen molar-refractivity contribution in [3.05, 3.63) is 0 Å². The van der Waals surface area contributed by atoms with Gasteiger partial charge in [-0.3, -0.25) is 4.55 Å². The molecule has 0 radical (unpaired) electrons. The first-order valence-corrected chi connectivity index (χ1v) is 11.0. The van der Waals surface area contributed by atoms with E-state index in [1.165, 1.54) is 6.26 Å². The van der Waals surface area contributed by atoms with Crippen molar-refractivity contribution < 1.29 is 47.0 Å². The van der Waals surface area contributed by atoms with Gasteiger partial charge in [-0.15, -0.1) is 0 Å². The Labute approximate surface area is 152 Å².